The highest BCUT2D eigenvalue weighted by atomic mass is 32.1. The molecular formula is C26H19N5S. The van der Waals surface area contributed by atoms with Crippen LogP contribution in [0, 0.1) is 0 Å². The molecule has 3 aromatic carbocycles. The number of nitrogens with one attached hydrogen (secondary N) is 1. The molecule has 32 heavy (non-hydrogen) atoms. The van der Waals surface area contributed by atoms with Crippen LogP contribution in [0.4, 0.5) is 5.82 Å². The zero-order valence-electron chi connectivity index (χ0n) is 17.1. The van der Waals surface area contributed by atoms with E-state index in [2.05, 4.69) is 64.2 Å². The van der Waals surface area contributed by atoms with Crippen molar-refractivity contribution in [2.45, 2.75) is 6.54 Å². The van der Waals surface area contributed by atoms with E-state index >= 15 is 0 Å². The summed E-state index contributed by atoms with van der Waals surface area (Å²) in [6, 6.07) is 28.8. The van der Waals surface area contributed by atoms with Crippen LogP contribution < -0.4 is 5.32 Å². The second kappa shape index (κ2) is 7.90. The van der Waals surface area contributed by atoms with Gasteiger partial charge in [-0.15, -0.1) is 11.3 Å². The fourth-order valence-corrected chi connectivity index (χ4v) is 4.79. The van der Waals surface area contributed by atoms with Crippen LogP contribution in [0.1, 0.15) is 5.56 Å². The number of para-hydroxylation sites is 1. The monoisotopic (exact) mass is 433 g/mol. The lowest BCUT2D eigenvalue weighted by molar-refractivity contribution is 1.06. The van der Waals surface area contributed by atoms with Crippen LogP contribution in [0.25, 0.3) is 38.3 Å². The first-order chi connectivity index (χ1) is 15.9. The molecule has 154 valence electrons. The first-order valence-corrected chi connectivity index (χ1v) is 11.3. The summed E-state index contributed by atoms with van der Waals surface area (Å²) in [6.07, 6.45) is 1.82. The number of fused-ring (bicyclic) bond motifs is 2. The molecule has 0 unspecified atom stereocenters. The lowest BCUT2D eigenvalue weighted by Crippen LogP contribution is -2.05. The van der Waals surface area contributed by atoms with Gasteiger partial charge in [0.2, 0.25) is 0 Å². The van der Waals surface area contributed by atoms with Crippen molar-refractivity contribution in [1.82, 2.24) is 19.5 Å². The third-order valence-electron chi connectivity index (χ3n) is 5.46. The van der Waals surface area contributed by atoms with Crippen LogP contribution >= 0.6 is 11.3 Å². The van der Waals surface area contributed by atoms with Gasteiger partial charge < -0.3 is 5.32 Å². The Morgan fingerprint density at radius 1 is 0.812 bits per heavy atom. The number of rotatable bonds is 5. The summed E-state index contributed by atoms with van der Waals surface area (Å²) >= 11 is 1.71. The number of anilines is 1. The summed E-state index contributed by atoms with van der Waals surface area (Å²) in [5, 5.41) is 6.79. The third kappa shape index (κ3) is 3.31. The standard InChI is InChI=1S/C26H19N5S/c1-3-9-18(10-4-1)15-27-25-23-26(31(17-28-23)19-11-5-2-6-12-19)30-24(29-25)21-16-32-22-14-8-7-13-20(21)22/h1-14,16-17H,15H2,(H,27,29,30). The van der Waals surface area contributed by atoms with Crippen molar-refractivity contribution in [3.8, 4) is 17.1 Å². The Labute approximate surface area is 189 Å². The van der Waals surface area contributed by atoms with Gasteiger partial charge >= 0.3 is 0 Å². The van der Waals surface area contributed by atoms with Gasteiger partial charge in [0.1, 0.15) is 6.33 Å². The molecule has 1 N–H and O–H groups in total. The molecule has 0 aliphatic rings. The van der Waals surface area contributed by atoms with E-state index in [4.69, 9.17) is 9.97 Å². The highest BCUT2D eigenvalue weighted by Crippen LogP contribution is 2.34. The molecule has 0 aliphatic carbocycles. The Hall–Kier alpha value is -4.03. The van der Waals surface area contributed by atoms with Gasteiger partial charge in [0.15, 0.2) is 22.8 Å². The Balaban J connectivity index is 1.53. The van der Waals surface area contributed by atoms with Gasteiger partial charge in [0.05, 0.1) is 0 Å². The molecule has 0 aliphatic heterocycles. The summed E-state index contributed by atoms with van der Waals surface area (Å²) < 4.78 is 3.24. The van der Waals surface area contributed by atoms with E-state index in [0.717, 1.165) is 33.6 Å². The molecule has 3 aromatic heterocycles. The number of hydrogen-bond donors (Lipinski definition) is 1. The molecule has 0 saturated carbocycles. The number of hydrogen-bond acceptors (Lipinski definition) is 5. The van der Waals surface area contributed by atoms with Crippen molar-refractivity contribution >= 4 is 38.4 Å². The van der Waals surface area contributed by atoms with Crippen LogP contribution in [0.3, 0.4) is 0 Å². The first kappa shape index (κ1) is 18.7. The molecule has 3 heterocycles. The van der Waals surface area contributed by atoms with E-state index in [9.17, 15) is 0 Å². The zero-order chi connectivity index (χ0) is 21.3. The van der Waals surface area contributed by atoms with Crippen molar-refractivity contribution in [3.05, 3.63) is 102 Å². The van der Waals surface area contributed by atoms with E-state index in [-0.39, 0.29) is 0 Å². The predicted octanol–water partition coefficient (Wildman–Crippen LogP) is 6.31. The number of imidazole rings is 1. The fraction of sp³-hybridized carbons (Fsp3) is 0.0385. The van der Waals surface area contributed by atoms with E-state index in [1.54, 1.807) is 11.3 Å². The molecule has 5 nitrogen and oxygen atoms in total. The molecule has 6 rings (SSSR count). The second-order valence-electron chi connectivity index (χ2n) is 7.50. The van der Waals surface area contributed by atoms with Gasteiger partial charge in [-0.05, 0) is 23.8 Å². The SMILES string of the molecule is c1ccc(CNc2nc(-c3csc4ccccc34)nc3c2ncn3-c2ccccc2)cc1. The lowest BCUT2D eigenvalue weighted by atomic mass is 10.1. The molecule has 0 fully saturated rings. The number of aromatic nitrogens is 4. The highest BCUT2D eigenvalue weighted by molar-refractivity contribution is 7.17. The molecule has 0 bridgehead atoms. The first-order valence-electron chi connectivity index (χ1n) is 10.4. The van der Waals surface area contributed by atoms with Crippen molar-refractivity contribution in [2.24, 2.45) is 0 Å². The second-order valence-corrected chi connectivity index (χ2v) is 8.41. The smallest absolute Gasteiger partial charge is 0.170 e. The summed E-state index contributed by atoms with van der Waals surface area (Å²) in [7, 11) is 0. The largest absolute Gasteiger partial charge is 0.364 e. The quantitative estimate of drug-likeness (QED) is 0.346. The topological polar surface area (TPSA) is 55.6 Å². The Morgan fingerprint density at radius 3 is 2.41 bits per heavy atom. The number of nitrogens with zero attached hydrogens (tertiary/aromatic N) is 4. The average molecular weight is 434 g/mol. The van der Waals surface area contributed by atoms with E-state index < -0.39 is 0 Å². The molecular weight excluding hydrogens is 414 g/mol. The maximum absolute atomic E-state index is 4.98. The summed E-state index contributed by atoms with van der Waals surface area (Å²) in [5.41, 5.74) is 4.78. The highest BCUT2D eigenvalue weighted by Gasteiger charge is 2.17. The maximum atomic E-state index is 4.98. The molecule has 6 aromatic rings. The Morgan fingerprint density at radius 2 is 1.56 bits per heavy atom. The van der Waals surface area contributed by atoms with E-state index in [1.807, 2.05) is 47.3 Å². The van der Waals surface area contributed by atoms with Crippen molar-refractivity contribution in [1.29, 1.82) is 0 Å². The normalized spacial score (nSPS) is 11.2. The third-order valence-corrected chi connectivity index (χ3v) is 6.42. The van der Waals surface area contributed by atoms with Crippen molar-refractivity contribution < 1.29 is 0 Å². The van der Waals surface area contributed by atoms with Gasteiger partial charge in [-0.2, -0.15) is 0 Å². The zero-order valence-corrected chi connectivity index (χ0v) is 18.0. The summed E-state index contributed by atoms with van der Waals surface area (Å²) in [6.45, 7) is 0.662. The number of benzene rings is 3. The van der Waals surface area contributed by atoms with Crippen molar-refractivity contribution in [2.75, 3.05) is 5.32 Å². The van der Waals surface area contributed by atoms with E-state index in [0.29, 0.717) is 12.4 Å². The maximum Gasteiger partial charge on any atom is 0.170 e. The minimum atomic E-state index is 0.662. The molecule has 6 heteroatoms. The molecule has 0 saturated heterocycles. The predicted molar refractivity (Wildman–Crippen MR) is 131 cm³/mol. The minimum Gasteiger partial charge on any atom is -0.364 e. The Kier molecular flexibility index (Phi) is 4.62. The van der Waals surface area contributed by atoms with Gasteiger partial charge in [0.25, 0.3) is 0 Å². The van der Waals surface area contributed by atoms with Crippen molar-refractivity contribution in [3.63, 3.8) is 0 Å². The molecule has 0 amide bonds. The lowest BCUT2D eigenvalue weighted by Gasteiger charge is -2.10. The van der Waals surface area contributed by atoms with Gasteiger partial charge in [-0.3, -0.25) is 4.57 Å². The van der Waals surface area contributed by atoms with Gasteiger partial charge in [0, 0.05) is 33.3 Å². The molecule has 0 radical (unpaired) electrons. The van der Waals surface area contributed by atoms with Crippen LogP contribution in [0.2, 0.25) is 0 Å². The minimum absolute atomic E-state index is 0.662. The average Bonchev–Trinajstić information content (AvgIpc) is 3.48. The van der Waals surface area contributed by atoms with E-state index in [1.165, 1.54) is 10.3 Å². The van der Waals surface area contributed by atoms with Gasteiger partial charge in [-0.25, -0.2) is 15.0 Å². The summed E-state index contributed by atoms with van der Waals surface area (Å²) in [5.74, 6) is 1.43. The van der Waals surface area contributed by atoms with Crippen LogP contribution in [-0.2, 0) is 6.54 Å². The van der Waals surface area contributed by atoms with Crippen LogP contribution in [-0.4, -0.2) is 19.5 Å². The van der Waals surface area contributed by atoms with Crippen LogP contribution in [0.5, 0.6) is 0 Å². The van der Waals surface area contributed by atoms with Gasteiger partial charge in [-0.1, -0.05) is 66.7 Å². The Bertz CT molecular complexity index is 1520. The molecule has 0 atom stereocenters. The number of thiophene rings is 1. The van der Waals surface area contributed by atoms with Crippen LogP contribution in [0.15, 0.2) is 96.6 Å². The molecule has 0 spiro atoms. The fourth-order valence-electron chi connectivity index (χ4n) is 3.85. The summed E-state index contributed by atoms with van der Waals surface area (Å²) in [4.78, 5) is 14.6.